The van der Waals surface area contributed by atoms with Crippen molar-refractivity contribution in [3.8, 4) is 0 Å². The third kappa shape index (κ3) is 1.86. The molecule has 0 radical (unpaired) electrons. The second-order valence-electron chi connectivity index (χ2n) is 3.59. The zero-order valence-electron chi connectivity index (χ0n) is 8.85. The third-order valence-electron chi connectivity index (χ3n) is 2.66. The van der Waals surface area contributed by atoms with Gasteiger partial charge in [-0.2, -0.15) is 11.3 Å². The molecule has 0 aromatic carbocycles. The zero-order valence-corrected chi connectivity index (χ0v) is 9.67. The molecule has 0 bridgehead atoms. The van der Waals surface area contributed by atoms with E-state index in [9.17, 15) is 9.50 Å². The molecule has 0 saturated carbocycles. The number of halogens is 1. The summed E-state index contributed by atoms with van der Waals surface area (Å²) in [7, 11) is 0. The summed E-state index contributed by atoms with van der Waals surface area (Å²) in [5, 5.41) is 14.3. The molecule has 0 aliphatic heterocycles. The maximum Gasteiger partial charge on any atom is 0.141 e. The second kappa shape index (κ2) is 4.31. The summed E-state index contributed by atoms with van der Waals surface area (Å²) in [4.78, 5) is 3.96. The Morgan fingerprint density at radius 2 is 2.25 bits per heavy atom. The highest BCUT2D eigenvalue weighted by Gasteiger charge is 2.31. The molecule has 2 heterocycles. The van der Waals surface area contributed by atoms with Crippen LogP contribution < -0.4 is 0 Å². The van der Waals surface area contributed by atoms with Gasteiger partial charge in [0.15, 0.2) is 0 Å². The van der Waals surface area contributed by atoms with Crippen molar-refractivity contribution in [3.05, 3.63) is 52.2 Å². The van der Waals surface area contributed by atoms with Gasteiger partial charge < -0.3 is 5.11 Å². The van der Waals surface area contributed by atoms with E-state index in [1.54, 1.807) is 0 Å². The first-order valence-electron chi connectivity index (χ1n) is 5.04. The van der Waals surface area contributed by atoms with Crippen LogP contribution in [0, 0.1) is 5.82 Å². The van der Waals surface area contributed by atoms with Gasteiger partial charge in [-0.25, -0.2) is 4.39 Å². The van der Waals surface area contributed by atoms with Crippen LogP contribution in [0.3, 0.4) is 0 Å². The van der Waals surface area contributed by atoms with Crippen molar-refractivity contribution >= 4 is 11.3 Å². The molecule has 0 saturated heterocycles. The number of hydrogen-bond donors (Lipinski definition) is 1. The average molecular weight is 237 g/mol. The monoisotopic (exact) mass is 237 g/mol. The van der Waals surface area contributed by atoms with E-state index in [1.807, 2.05) is 23.8 Å². The fourth-order valence-electron chi connectivity index (χ4n) is 1.65. The van der Waals surface area contributed by atoms with Crippen LogP contribution >= 0.6 is 11.3 Å². The molecular formula is C12H12FNOS. The minimum Gasteiger partial charge on any atom is -0.379 e. The Kier molecular flexibility index (Phi) is 3.03. The number of pyridine rings is 1. The molecule has 2 aromatic rings. The van der Waals surface area contributed by atoms with Crippen LogP contribution in [-0.4, -0.2) is 10.1 Å². The Bertz CT molecular complexity index is 454. The van der Waals surface area contributed by atoms with Gasteiger partial charge in [-0.15, -0.1) is 0 Å². The summed E-state index contributed by atoms with van der Waals surface area (Å²) in [6, 6.07) is 4.70. The standard InChI is InChI=1S/C12H12FNOS/c1-2-12(15,9-5-6-16-8-9)11-4-3-10(13)7-14-11/h3-8,15H,2H2,1H3. The lowest BCUT2D eigenvalue weighted by molar-refractivity contribution is 0.0722. The largest absolute Gasteiger partial charge is 0.379 e. The lowest BCUT2D eigenvalue weighted by Gasteiger charge is -2.25. The molecule has 16 heavy (non-hydrogen) atoms. The molecule has 0 spiro atoms. The van der Waals surface area contributed by atoms with Gasteiger partial charge >= 0.3 is 0 Å². The summed E-state index contributed by atoms with van der Waals surface area (Å²) in [5.41, 5.74) is 0.169. The Morgan fingerprint density at radius 3 is 2.75 bits per heavy atom. The molecule has 1 atom stereocenters. The van der Waals surface area contributed by atoms with Gasteiger partial charge in [0.1, 0.15) is 11.4 Å². The molecule has 0 aliphatic carbocycles. The van der Waals surface area contributed by atoms with Gasteiger partial charge in [0.2, 0.25) is 0 Å². The van der Waals surface area contributed by atoms with E-state index in [1.165, 1.54) is 23.5 Å². The molecule has 2 rings (SSSR count). The van der Waals surface area contributed by atoms with Crippen molar-refractivity contribution < 1.29 is 9.50 Å². The molecule has 84 valence electrons. The van der Waals surface area contributed by atoms with E-state index in [0.717, 1.165) is 11.8 Å². The molecule has 0 fully saturated rings. The fourth-order valence-corrected chi connectivity index (χ4v) is 2.38. The van der Waals surface area contributed by atoms with Crippen LogP contribution in [0.1, 0.15) is 24.6 Å². The highest BCUT2D eigenvalue weighted by atomic mass is 32.1. The maximum atomic E-state index is 12.8. The van der Waals surface area contributed by atoms with Crippen molar-refractivity contribution in [2.24, 2.45) is 0 Å². The van der Waals surface area contributed by atoms with E-state index in [4.69, 9.17) is 0 Å². The van der Waals surface area contributed by atoms with Crippen LogP contribution in [0.2, 0.25) is 0 Å². The predicted molar refractivity (Wildman–Crippen MR) is 61.8 cm³/mol. The second-order valence-corrected chi connectivity index (χ2v) is 4.37. The quantitative estimate of drug-likeness (QED) is 0.890. The first-order valence-corrected chi connectivity index (χ1v) is 5.98. The number of aromatic nitrogens is 1. The van der Waals surface area contributed by atoms with Crippen molar-refractivity contribution in [3.63, 3.8) is 0 Å². The Balaban J connectivity index is 2.46. The van der Waals surface area contributed by atoms with Gasteiger partial charge in [-0.3, -0.25) is 4.98 Å². The molecule has 2 aromatic heterocycles. The molecule has 1 unspecified atom stereocenters. The zero-order chi connectivity index (χ0) is 11.6. The lowest BCUT2D eigenvalue weighted by Crippen LogP contribution is -2.26. The van der Waals surface area contributed by atoms with Crippen molar-refractivity contribution in [2.75, 3.05) is 0 Å². The van der Waals surface area contributed by atoms with E-state index in [-0.39, 0.29) is 0 Å². The maximum absolute atomic E-state index is 12.8. The predicted octanol–water partition coefficient (Wildman–Crippen LogP) is 2.93. The Hall–Kier alpha value is -1.26. The molecule has 2 nitrogen and oxygen atoms in total. The molecular weight excluding hydrogens is 225 g/mol. The van der Waals surface area contributed by atoms with E-state index >= 15 is 0 Å². The van der Waals surface area contributed by atoms with E-state index < -0.39 is 11.4 Å². The van der Waals surface area contributed by atoms with E-state index in [0.29, 0.717) is 12.1 Å². The van der Waals surface area contributed by atoms with Crippen molar-refractivity contribution in [1.82, 2.24) is 4.98 Å². The highest BCUT2D eigenvalue weighted by molar-refractivity contribution is 7.08. The SMILES string of the molecule is CCC(O)(c1ccsc1)c1ccc(F)cn1. The van der Waals surface area contributed by atoms with Gasteiger partial charge in [-0.05, 0) is 35.4 Å². The normalized spacial score (nSPS) is 14.7. The number of rotatable bonds is 3. The first kappa shape index (κ1) is 11.2. The minimum absolute atomic E-state index is 0.396. The summed E-state index contributed by atoms with van der Waals surface area (Å²) in [6.45, 7) is 1.88. The van der Waals surface area contributed by atoms with Crippen LogP contribution in [0.15, 0.2) is 35.2 Å². The lowest BCUT2D eigenvalue weighted by atomic mass is 9.89. The van der Waals surface area contributed by atoms with Crippen LogP contribution in [-0.2, 0) is 5.60 Å². The number of thiophene rings is 1. The summed E-state index contributed by atoms with van der Waals surface area (Å²) in [5.74, 6) is -0.396. The fraction of sp³-hybridized carbons (Fsp3) is 0.250. The Morgan fingerprint density at radius 1 is 1.44 bits per heavy atom. The topological polar surface area (TPSA) is 33.1 Å². The Labute approximate surface area is 97.4 Å². The van der Waals surface area contributed by atoms with Gasteiger partial charge in [0.25, 0.3) is 0 Å². The molecule has 1 N–H and O–H groups in total. The summed E-state index contributed by atoms with van der Waals surface area (Å²) >= 11 is 1.52. The van der Waals surface area contributed by atoms with Crippen LogP contribution in [0.5, 0.6) is 0 Å². The van der Waals surface area contributed by atoms with Gasteiger partial charge in [-0.1, -0.05) is 6.92 Å². The van der Waals surface area contributed by atoms with Crippen LogP contribution in [0.4, 0.5) is 4.39 Å². The summed E-state index contributed by atoms with van der Waals surface area (Å²) in [6.07, 6.45) is 1.63. The first-order chi connectivity index (χ1) is 7.66. The molecule has 0 amide bonds. The van der Waals surface area contributed by atoms with Crippen molar-refractivity contribution in [1.29, 1.82) is 0 Å². The minimum atomic E-state index is -1.12. The van der Waals surface area contributed by atoms with Crippen LogP contribution in [0.25, 0.3) is 0 Å². The number of aliphatic hydroxyl groups is 1. The number of nitrogens with zero attached hydrogens (tertiary/aromatic N) is 1. The van der Waals surface area contributed by atoms with Gasteiger partial charge in [0.05, 0.1) is 11.9 Å². The van der Waals surface area contributed by atoms with Gasteiger partial charge in [0, 0.05) is 5.56 Å². The van der Waals surface area contributed by atoms with Crippen molar-refractivity contribution in [2.45, 2.75) is 18.9 Å². The smallest absolute Gasteiger partial charge is 0.141 e. The van der Waals surface area contributed by atoms with E-state index in [2.05, 4.69) is 4.98 Å². The third-order valence-corrected chi connectivity index (χ3v) is 3.34. The molecule has 4 heteroatoms. The number of hydrogen-bond acceptors (Lipinski definition) is 3. The highest BCUT2D eigenvalue weighted by Crippen LogP contribution is 2.32. The average Bonchev–Trinajstić information content (AvgIpc) is 2.83. The summed E-state index contributed by atoms with van der Waals surface area (Å²) < 4.78 is 12.8. The molecule has 0 aliphatic rings.